The average Bonchev–Trinajstić information content (AvgIpc) is 2.89. The van der Waals surface area contributed by atoms with E-state index in [1.807, 2.05) is 19.2 Å². The lowest BCUT2D eigenvalue weighted by molar-refractivity contribution is -0.116. The highest BCUT2D eigenvalue weighted by molar-refractivity contribution is 7.16. The first-order valence-electron chi connectivity index (χ1n) is 6.19. The molecule has 2 N–H and O–H groups in total. The molecule has 0 fully saturated rings. The lowest BCUT2D eigenvalue weighted by Crippen LogP contribution is -2.22. The third-order valence-corrected chi connectivity index (χ3v) is 4.46. The van der Waals surface area contributed by atoms with E-state index in [1.165, 1.54) is 0 Å². The number of amides is 1. The molecular weight excluding hydrogens is 272 g/mol. The minimum absolute atomic E-state index is 0.00564. The summed E-state index contributed by atoms with van der Waals surface area (Å²) in [6, 6.07) is 9.47. The molecule has 2 heterocycles. The van der Waals surface area contributed by atoms with Gasteiger partial charge >= 0.3 is 0 Å². The highest BCUT2D eigenvalue weighted by Gasteiger charge is 2.30. The first-order valence-corrected chi connectivity index (χ1v) is 7.01. The van der Waals surface area contributed by atoms with Gasteiger partial charge in [-0.2, -0.15) is 5.26 Å². The molecule has 2 aromatic rings. The summed E-state index contributed by atoms with van der Waals surface area (Å²) in [6.45, 7) is 0. The van der Waals surface area contributed by atoms with Crippen LogP contribution in [0.15, 0.2) is 24.3 Å². The summed E-state index contributed by atoms with van der Waals surface area (Å²) in [7, 11) is 1.81. The topological polar surface area (TPSA) is 77.8 Å². The van der Waals surface area contributed by atoms with Crippen molar-refractivity contribution in [1.29, 1.82) is 5.26 Å². The zero-order valence-electron chi connectivity index (χ0n) is 10.8. The summed E-state index contributed by atoms with van der Waals surface area (Å²) in [6.07, 6.45) is 0.407. The van der Waals surface area contributed by atoms with Gasteiger partial charge in [0, 0.05) is 19.4 Å². The fourth-order valence-corrected chi connectivity index (χ4v) is 3.29. The quantitative estimate of drug-likeness (QED) is 0.888. The number of nitriles is 1. The van der Waals surface area contributed by atoms with E-state index in [1.54, 1.807) is 23.5 Å². The summed E-state index contributed by atoms with van der Waals surface area (Å²) in [5.74, 6) is 0.621. The van der Waals surface area contributed by atoms with Gasteiger partial charge in [-0.05, 0) is 17.7 Å². The van der Waals surface area contributed by atoms with Gasteiger partial charge in [0.2, 0.25) is 5.91 Å². The molecule has 1 aromatic carbocycles. The predicted octanol–water partition coefficient (Wildman–Crippen LogP) is 2.53. The van der Waals surface area contributed by atoms with E-state index in [2.05, 4.69) is 21.7 Å². The van der Waals surface area contributed by atoms with Gasteiger partial charge < -0.3 is 10.6 Å². The number of thiazole rings is 1. The van der Waals surface area contributed by atoms with Crippen molar-refractivity contribution in [3.63, 3.8) is 0 Å². The predicted molar refractivity (Wildman–Crippen MR) is 77.9 cm³/mol. The Bertz CT molecular complexity index is 699. The van der Waals surface area contributed by atoms with Crippen LogP contribution >= 0.6 is 11.3 Å². The molecule has 5 nitrogen and oxygen atoms in total. The molecule has 1 aliphatic rings. The summed E-state index contributed by atoms with van der Waals surface area (Å²) >= 11 is 1.55. The minimum atomic E-state index is -0.0280. The van der Waals surface area contributed by atoms with Gasteiger partial charge in [0.1, 0.15) is 5.82 Å². The van der Waals surface area contributed by atoms with Gasteiger partial charge in [-0.1, -0.05) is 23.5 Å². The van der Waals surface area contributed by atoms with Crippen molar-refractivity contribution in [3.05, 3.63) is 40.3 Å². The molecule has 1 aromatic heterocycles. The molecule has 1 amide bonds. The maximum Gasteiger partial charge on any atom is 0.226 e. The summed E-state index contributed by atoms with van der Waals surface area (Å²) in [5, 5.41) is 15.4. The van der Waals surface area contributed by atoms with Gasteiger partial charge in [0.25, 0.3) is 0 Å². The number of anilines is 2. The van der Waals surface area contributed by atoms with Crippen molar-refractivity contribution in [2.45, 2.75) is 12.3 Å². The Hall–Kier alpha value is -2.39. The van der Waals surface area contributed by atoms with E-state index in [-0.39, 0.29) is 11.8 Å². The highest BCUT2D eigenvalue weighted by atomic mass is 32.1. The zero-order chi connectivity index (χ0) is 14.1. The number of aromatic nitrogens is 1. The van der Waals surface area contributed by atoms with E-state index in [9.17, 15) is 4.79 Å². The Kier molecular flexibility index (Phi) is 3.12. The molecule has 0 bridgehead atoms. The van der Waals surface area contributed by atoms with Crippen LogP contribution in [0.1, 0.15) is 28.3 Å². The lowest BCUT2D eigenvalue weighted by atomic mass is 9.91. The van der Waals surface area contributed by atoms with Crippen LogP contribution in [0.4, 0.5) is 10.9 Å². The standard InChI is InChI=1S/C14H12N4OS/c1-16-14-18-13-12(20-14)10(6-11(19)17-13)9-4-2-8(7-15)3-5-9/h2-5,10H,6H2,1H3,(H,16,18)(H,17,19). The second kappa shape index (κ2) is 4.94. The largest absolute Gasteiger partial charge is 0.365 e. The number of hydrogen-bond acceptors (Lipinski definition) is 5. The van der Waals surface area contributed by atoms with Gasteiger partial charge in [-0.15, -0.1) is 0 Å². The Balaban J connectivity index is 2.03. The van der Waals surface area contributed by atoms with Crippen LogP contribution in [0.2, 0.25) is 0 Å². The number of carbonyl (C=O) groups excluding carboxylic acids is 1. The van der Waals surface area contributed by atoms with Gasteiger partial charge in [0.15, 0.2) is 5.13 Å². The second-order valence-electron chi connectivity index (χ2n) is 4.52. The third kappa shape index (κ3) is 2.12. The molecule has 100 valence electrons. The molecule has 3 rings (SSSR count). The Labute approximate surface area is 120 Å². The molecule has 20 heavy (non-hydrogen) atoms. The van der Waals surface area contributed by atoms with Crippen molar-refractivity contribution in [2.24, 2.45) is 0 Å². The smallest absolute Gasteiger partial charge is 0.226 e. The monoisotopic (exact) mass is 284 g/mol. The molecule has 0 radical (unpaired) electrons. The van der Waals surface area contributed by atoms with E-state index in [0.717, 1.165) is 15.6 Å². The minimum Gasteiger partial charge on any atom is -0.365 e. The summed E-state index contributed by atoms with van der Waals surface area (Å²) in [5.41, 5.74) is 1.65. The Morgan fingerprint density at radius 3 is 2.85 bits per heavy atom. The average molecular weight is 284 g/mol. The van der Waals surface area contributed by atoms with E-state index >= 15 is 0 Å². The molecule has 1 atom stereocenters. The van der Waals surface area contributed by atoms with Crippen molar-refractivity contribution >= 4 is 28.2 Å². The number of nitrogens with zero attached hydrogens (tertiary/aromatic N) is 2. The van der Waals surface area contributed by atoms with Crippen molar-refractivity contribution in [2.75, 3.05) is 17.7 Å². The fourth-order valence-electron chi connectivity index (χ4n) is 2.28. The zero-order valence-corrected chi connectivity index (χ0v) is 11.6. The first-order chi connectivity index (χ1) is 9.71. The molecule has 0 saturated heterocycles. The SMILES string of the molecule is CNc1nc2c(s1)C(c1ccc(C#N)cc1)CC(=O)N2. The third-order valence-electron chi connectivity index (χ3n) is 3.27. The normalized spacial score (nSPS) is 17.0. The number of rotatable bonds is 2. The molecule has 1 aliphatic heterocycles. The number of carbonyl (C=O) groups is 1. The number of hydrogen-bond donors (Lipinski definition) is 2. The molecular formula is C14H12N4OS. The van der Waals surface area contributed by atoms with Crippen LogP contribution in [0, 0.1) is 11.3 Å². The molecule has 6 heteroatoms. The summed E-state index contributed by atoms with van der Waals surface area (Å²) < 4.78 is 0. The van der Waals surface area contributed by atoms with Crippen LogP contribution in [-0.4, -0.2) is 17.9 Å². The van der Waals surface area contributed by atoms with Gasteiger partial charge in [0.05, 0.1) is 16.5 Å². The van der Waals surface area contributed by atoms with Crippen molar-refractivity contribution < 1.29 is 4.79 Å². The second-order valence-corrected chi connectivity index (χ2v) is 5.55. The van der Waals surface area contributed by atoms with Gasteiger partial charge in [-0.25, -0.2) is 4.98 Å². The first kappa shape index (κ1) is 12.6. The summed E-state index contributed by atoms with van der Waals surface area (Å²) in [4.78, 5) is 17.2. The van der Waals surface area contributed by atoms with Crippen molar-refractivity contribution in [3.8, 4) is 6.07 Å². The Morgan fingerprint density at radius 1 is 1.45 bits per heavy atom. The fraction of sp³-hybridized carbons (Fsp3) is 0.214. The maximum atomic E-state index is 11.8. The van der Waals surface area contributed by atoms with Crippen LogP contribution < -0.4 is 10.6 Å². The molecule has 1 unspecified atom stereocenters. The van der Waals surface area contributed by atoms with Crippen LogP contribution in [0.25, 0.3) is 0 Å². The molecule has 0 spiro atoms. The molecule has 0 saturated carbocycles. The highest BCUT2D eigenvalue weighted by Crippen LogP contribution is 2.42. The molecule has 0 aliphatic carbocycles. The van der Waals surface area contributed by atoms with Crippen molar-refractivity contribution in [1.82, 2.24) is 4.98 Å². The maximum absolute atomic E-state index is 11.8. The van der Waals surface area contributed by atoms with Crippen LogP contribution in [0.3, 0.4) is 0 Å². The Morgan fingerprint density at radius 2 is 2.20 bits per heavy atom. The van der Waals surface area contributed by atoms with Crippen LogP contribution in [0.5, 0.6) is 0 Å². The number of nitrogens with one attached hydrogen (secondary N) is 2. The van der Waals surface area contributed by atoms with Crippen LogP contribution in [-0.2, 0) is 4.79 Å². The van der Waals surface area contributed by atoms with Gasteiger partial charge in [-0.3, -0.25) is 4.79 Å². The lowest BCUT2D eigenvalue weighted by Gasteiger charge is -2.21. The number of benzene rings is 1. The van der Waals surface area contributed by atoms with E-state index in [4.69, 9.17) is 5.26 Å². The number of fused-ring (bicyclic) bond motifs is 1. The van der Waals surface area contributed by atoms with E-state index < -0.39 is 0 Å². The van der Waals surface area contributed by atoms with E-state index in [0.29, 0.717) is 17.8 Å².